The van der Waals surface area contributed by atoms with E-state index in [1.54, 1.807) is 6.92 Å². The van der Waals surface area contributed by atoms with Crippen LogP contribution >= 0.6 is 11.3 Å². The van der Waals surface area contributed by atoms with E-state index in [1.807, 2.05) is 18.2 Å². The molecule has 2 saturated heterocycles. The van der Waals surface area contributed by atoms with Crippen molar-refractivity contribution in [3.05, 3.63) is 40.4 Å². The maximum Gasteiger partial charge on any atom is 0.418 e. The minimum atomic E-state index is -4.96. The molecule has 3 atom stereocenters. The molecule has 18 nitrogen and oxygen atoms in total. The number of carbonyl (C=O) groups is 3. The predicted octanol–water partition coefficient (Wildman–Crippen LogP) is 0.617. The minimum Gasteiger partial charge on any atom is -0.486 e. The number of anilines is 1. The van der Waals surface area contributed by atoms with Crippen molar-refractivity contribution in [2.45, 2.75) is 82.7 Å². The Morgan fingerprint density at radius 1 is 1.34 bits per heavy atom. The zero-order chi connectivity index (χ0) is 36.4. The van der Waals surface area contributed by atoms with E-state index in [4.69, 9.17) is 40.5 Å². The summed E-state index contributed by atoms with van der Waals surface area (Å²) in [6, 6.07) is 4.84. The number of hydrogen-bond acceptors (Lipinski definition) is 14. The summed E-state index contributed by atoms with van der Waals surface area (Å²) in [6.07, 6.45) is 3.67. The van der Waals surface area contributed by atoms with Gasteiger partial charge in [-0.1, -0.05) is 5.16 Å². The lowest BCUT2D eigenvalue weighted by Crippen LogP contribution is -2.76. The van der Waals surface area contributed by atoms with E-state index in [9.17, 15) is 18.0 Å². The second-order valence-electron chi connectivity index (χ2n) is 13.1. The number of aliphatic imine (C=N–C) groups is 1. The summed E-state index contributed by atoms with van der Waals surface area (Å²) in [6.45, 7) is 6.54. The van der Waals surface area contributed by atoms with Crippen molar-refractivity contribution in [2.75, 3.05) is 18.8 Å². The van der Waals surface area contributed by atoms with E-state index in [-0.39, 0.29) is 29.1 Å². The van der Waals surface area contributed by atoms with E-state index in [0.29, 0.717) is 34.9 Å². The Labute approximate surface area is 292 Å². The highest BCUT2D eigenvalue weighted by Gasteiger charge is 2.58. The summed E-state index contributed by atoms with van der Waals surface area (Å²) in [5, 5.41) is 19.1. The third-order valence-corrected chi connectivity index (χ3v) is 10.3. The molecule has 20 heteroatoms. The largest absolute Gasteiger partial charge is 0.486 e. The van der Waals surface area contributed by atoms with E-state index in [1.165, 1.54) is 25.6 Å². The molecule has 1 aliphatic carbocycles. The van der Waals surface area contributed by atoms with E-state index in [0.717, 1.165) is 48.4 Å². The molecule has 2 aromatic rings. The number of nitrogens with zero attached hydrogens (tertiary/aromatic N) is 4. The summed E-state index contributed by atoms with van der Waals surface area (Å²) >= 11 is 1.08. The molecule has 4 aliphatic rings. The minimum absolute atomic E-state index is 0.117. The number of hydroxylamine groups is 2. The number of oxime groups is 1. The van der Waals surface area contributed by atoms with Crippen LogP contribution < -0.4 is 26.8 Å². The van der Waals surface area contributed by atoms with Crippen molar-refractivity contribution in [1.82, 2.24) is 20.7 Å². The number of rotatable bonds is 10. The fourth-order valence-corrected chi connectivity index (χ4v) is 7.57. The number of ether oxygens (including phenoxy) is 1. The van der Waals surface area contributed by atoms with Crippen LogP contribution in [0.3, 0.4) is 0 Å². The van der Waals surface area contributed by atoms with Gasteiger partial charge in [0.05, 0.1) is 11.6 Å². The molecule has 0 radical (unpaired) electrons. The number of amidine groups is 1. The average molecular weight is 737 g/mol. The number of thiazole rings is 1. The van der Waals surface area contributed by atoms with Gasteiger partial charge in [-0.25, -0.2) is 4.98 Å². The summed E-state index contributed by atoms with van der Waals surface area (Å²) in [5.41, 5.74) is 13.0. The van der Waals surface area contributed by atoms with Crippen LogP contribution in [0.15, 0.2) is 33.7 Å². The topological polar surface area (TPSA) is 270 Å². The molecule has 272 valence electrons. The fourth-order valence-electron chi connectivity index (χ4n) is 6.57. The lowest BCUT2D eigenvalue weighted by Gasteiger charge is -2.50. The van der Waals surface area contributed by atoms with Crippen molar-refractivity contribution >= 4 is 56.7 Å². The van der Waals surface area contributed by atoms with Crippen LogP contribution in [0.25, 0.3) is 0 Å². The first-order chi connectivity index (χ1) is 23.6. The highest BCUT2D eigenvalue weighted by molar-refractivity contribution is 7.80. The van der Waals surface area contributed by atoms with Crippen molar-refractivity contribution in [2.24, 2.45) is 21.3 Å². The van der Waals surface area contributed by atoms with Gasteiger partial charge in [-0.3, -0.25) is 23.9 Å². The third kappa shape index (κ3) is 7.99. The zero-order valence-electron chi connectivity index (χ0n) is 27.6. The van der Waals surface area contributed by atoms with Gasteiger partial charge in [0, 0.05) is 17.5 Å². The molecule has 3 unspecified atom stereocenters. The van der Waals surface area contributed by atoms with Gasteiger partial charge in [0.15, 0.2) is 16.9 Å². The number of β-lactam (4-membered cyclic amide) rings is 1. The van der Waals surface area contributed by atoms with Crippen LogP contribution in [-0.2, 0) is 40.3 Å². The van der Waals surface area contributed by atoms with Gasteiger partial charge in [0.2, 0.25) is 0 Å². The Morgan fingerprint density at radius 3 is 2.66 bits per heavy atom. The Balaban J connectivity index is 0.00000156. The van der Waals surface area contributed by atoms with Crippen LogP contribution in [0.5, 0.6) is 5.75 Å². The molecule has 1 aromatic carbocycles. The molecule has 8 N–H and O–H groups in total. The van der Waals surface area contributed by atoms with Gasteiger partial charge in [-0.15, -0.1) is 15.6 Å². The number of nitrogens with one attached hydrogen (secondary N) is 2. The van der Waals surface area contributed by atoms with Crippen LogP contribution in [-0.4, -0.2) is 101 Å². The lowest BCUT2D eigenvalue weighted by atomic mass is 9.65. The molecule has 50 heavy (non-hydrogen) atoms. The predicted molar refractivity (Wildman–Crippen MR) is 181 cm³/mol. The Bertz CT molecular complexity index is 1780. The number of nitrogens with two attached hydrogens (primary N) is 2. The van der Waals surface area contributed by atoms with Crippen LogP contribution in [0, 0.1) is 5.41 Å². The Hall–Kier alpha value is -4.37. The molecule has 3 fully saturated rings. The van der Waals surface area contributed by atoms with Crippen molar-refractivity contribution < 1.29 is 46.3 Å². The first-order valence-corrected chi connectivity index (χ1v) is 18.0. The number of carboxylic acid groups (broad SMARTS) is 1. The first-order valence-electron chi connectivity index (χ1n) is 15.7. The summed E-state index contributed by atoms with van der Waals surface area (Å²) in [5.74, 6) is -0.481. The zero-order valence-corrected chi connectivity index (χ0v) is 29.2. The quantitative estimate of drug-likeness (QED) is 0.0488. The molecule has 6 rings (SSSR count). The number of nitrogen functional groups attached to an aromatic ring is 1. The van der Waals surface area contributed by atoms with Gasteiger partial charge in [-0.2, -0.15) is 13.5 Å². The Kier molecular flexibility index (Phi) is 10.7. The molecule has 1 aromatic heterocycles. The number of hydrogen-bond donors (Lipinski definition) is 6. The molecule has 2 amide bonds. The average Bonchev–Trinajstić information content (AvgIpc) is 3.71. The van der Waals surface area contributed by atoms with Crippen LogP contribution in [0.4, 0.5) is 5.13 Å². The monoisotopic (exact) mass is 736 g/mol. The van der Waals surface area contributed by atoms with Crippen molar-refractivity contribution in [3.8, 4) is 5.75 Å². The van der Waals surface area contributed by atoms with Gasteiger partial charge in [0.1, 0.15) is 29.4 Å². The second-order valence-corrected chi connectivity index (χ2v) is 15.0. The first kappa shape index (κ1) is 36.9. The van der Waals surface area contributed by atoms with E-state index >= 15 is 0 Å². The van der Waals surface area contributed by atoms with Gasteiger partial charge in [0.25, 0.3) is 18.3 Å². The van der Waals surface area contributed by atoms with Gasteiger partial charge < -0.3 is 36.8 Å². The molecular weight excluding hydrogens is 697 g/mol. The highest BCUT2D eigenvalue weighted by atomic mass is 32.3. The lowest BCUT2D eigenvalue weighted by molar-refractivity contribution is -0.218. The molecule has 4 heterocycles. The number of amides is 2. The van der Waals surface area contributed by atoms with Gasteiger partial charge in [-0.05, 0) is 88.6 Å². The van der Waals surface area contributed by atoms with E-state index in [2.05, 4.69) is 25.1 Å². The number of aromatic nitrogens is 1. The molecule has 0 bridgehead atoms. The SMILES string of the molecule is CC(O/N=C(\C(=O)NC1C(=O)N(OS(=O)(=O)O)C1(C)C)c1csc(N)n1)C1CCc2cc(C(N)=NC3CC4(CCNC4)C3)ccc2O1.O=CO. The normalized spacial score (nSPS) is 26.4. The van der Waals surface area contributed by atoms with E-state index < -0.39 is 46.0 Å². The number of benzene rings is 1. The summed E-state index contributed by atoms with van der Waals surface area (Å²) in [4.78, 5) is 48.9. The van der Waals surface area contributed by atoms with Gasteiger partial charge >= 0.3 is 10.4 Å². The number of aryl methyl sites for hydroxylation is 1. The van der Waals surface area contributed by atoms with Crippen molar-refractivity contribution in [1.29, 1.82) is 0 Å². The summed E-state index contributed by atoms with van der Waals surface area (Å²) < 4.78 is 41.9. The third-order valence-electron chi connectivity index (χ3n) is 9.26. The van der Waals surface area contributed by atoms with Crippen LogP contribution in [0.2, 0.25) is 0 Å². The maximum atomic E-state index is 13.3. The highest BCUT2D eigenvalue weighted by Crippen LogP contribution is 2.47. The van der Waals surface area contributed by atoms with Crippen LogP contribution in [0.1, 0.15) is 63.3 Å². The standard InChI is InChI=1S/C29H38N8O8S2.CH2O2/c1-15(20-6-4-16-10-17(5-7-21(16)43-20)24(30)33-18-11-29(12-18)8-9-32-14-29)44-36-22(19-13-46-27(31)34-19)25(38)35-23-26(39)37(28(23,2)3)45-47(40,41)42;2-1-3/h5,7,10,13,15,18,20,23,32H,4,6,8-9,11-12,14H2,1-3H3,(H2,30,33)(H2,31,34)(H,35,38)(H,40,41,42);1H,(H,2,3)/b36-22-;. The summed E-state index contributed by atoms with van der Waals surface area (Å²) in [7, 11) is -4.96. The smallest absolute Gasteiger partial charge is 0.418 e. The Morgan fingerprint density at radius 2 is 2.06 bits per heavy atom. The second kappa shape index (κ2) is 14.5. The number of carbonyl (C=O) groups excluding carboxylic acids is 2. The van der Waals surface area contributed by atoms with Crippen molar-refractivity contribution in [3.63, 3.8) is 0 Å². The molecule has 1 spiro atoms. The maximum absolute atomic E-state index is 13.3. The number of fused-ring (bicyclic) bond motifs is 1. The fraction of sp³-hybridized carbons (Fsp3) is 0.533. The molecular formula is C30H40N8O10S2. The molecule has 1 saturated carbocycles. The molecule has 3 aliphatic heterocycles.